The summed E-state index contributed by atoms with van der Waals surface area (Å²) in [5, 5.41) is 8.22. The molecule has 0 atom stereocenters. The van der Waals surface area contributed by atoms with Gasteiger partial charge in [-0.05, 0) is 62.1 Å². The first-order valence-corrected chi connectivity index (χ1v) is 12.9. The van der Waals surface area contributed by atoms with Gasteiger partial charge >= 0.3 is 0 Å². The second-order valence-corrected chi connectivity index (χ2v) is 10.5. The average Bonchev–Trinajstić information content (AvgIpc) is 2.82. The van der Waals surface area contributed by atoms with Crippen molar-refractivity contribution in [2.75, 3.05) is 18.1 Å². The third kappa shape index (κ3) is 5.39. The molecule has 4 rings (SSSR count). The number of sulfone groups is 1. The first kappa shape index (κ1) is 22.9. The minimum absolute atomic E-state index is 0.0463. The maximum Gasteiger partial charge on any atom is 0.223 e. The van der Waals surface area contributed by atoms with Crippen LogP contribution in [0.15, 0.2) is 66.3 Å². The molecule has 2 heterocycles. The second kappa shape index (κ2) is 9.70. The van der Waals surface area contributed by atoms with Gasteiger partial charge in [-0.3, -0.25) is 9.78 Å². The molecule has 3 aromatic rings. The van der Waals surface area contributed by atoms with E-state index in [0.717, 1.165) is 47.8 Å². The van der Waals surface area contributed by atoms with Crippen LogP contribution < -0.4 is 10.6 Å². The molecule has 0 spiro atoms. The number of benzene rings is 1. The van der Waals surface area contributed by atoms with Gasteiger partial charge in [0, 0.05) is 53.5 Å². The Labute approximate surface area is 194 Å². The predicted octanol–water partition coefficient (Wildman–Crippen LogP) is 4.35. The lowest BCUT2D eigenvalue weighted by molar-refractivity contribution is -0.125. The number of hydrogen-bond donors (Lipinski definition) is 2. The maximum atomic E-state index is 12.3. The van der Waals surface area contributed by atoms with E-state index in [1.165, 1.54) is 6.26 Å². The van der Waals surface area contributed by atoms with Crippen LogP contribution in [0.25, 0.3) is 10.8 Å². The number of carbonyl (C=O) groups is 1. The van der Waals surface area contributed by atoms with Gasteiger partial charge in [-0.15, -0.1) is 6.58 Å². The first-order chi connectivity index (χ1) is 15.8. The minimum Gasteiger partial charge on any atom is -0.352 e. The molecule has 2 N–H and O–H groups in total. The van der Waals surface area contributed by atoms with Gasteiger partial charge in [0.15, 0.2) is 9.84 Å². The molecule has 1 aliphatic carbocycles. The Morgan fingerprint density at radius 3 is 2.52 bits per heavy atom. The minimum atomic E-state index is -3.23. The zero-order valence-electron chi connectivity index (χ0n) is 18.6. The highest BCUT2D eigenvalue weighted by Crippen LogP contribution is 2.38. The van der Waals surface area contributed by atoms with Crippen molar-refractivity contribution < 1.29 is 13.2 Å². The van der Waals surface area contributed by atoms with Crippen LogP contribution >= 0.6 is 0 Å². The second-order valence-electron chi connectivity index (χ2n) is 8.49. The summed E-state index contributed by atoms with van der Waals surface area (Å²) in [6.07, 6.45) is 10.0. The molecule has 1 aliphatic rings. The molecule has 172 valence electrons. The SMILES string of the molecule is C=CCNC(=O)C1CCC(c2nccc3cnc(Nc4ccc(S(C)(=O)=O)cc4)cc23)CC1. The predicted molar refractivity (Wildman–Crippen MR) is 130 cm³/mol. The molecular weight excluding hydrogens is 436 g/mol. The average molecular weight is 465 g/mol. The Balaban J connectivity index is 1.52. The molecule has 1 aromatic carbocycles. The number of hydrogen-bond acceptors (Lipinski definition) is 6. The van der Waals surface area contributed by atoms with Crippen LogP contribution in [0.1, 0.15) is 37.3 Å². The molecule has 0 radical (unpaired) electrons. The van der Waals surface area contributed by atoms with Crippen molar-refractivity contribution in [3.05, 3.63) is 67.1 Å². The van der Waals surface area contributed by atoms with E-state index in [0.29, 0.717) is 18.3 Å². The van der Waals surface area contributed by atoms with Gasteiger partial charge in [-0.2, -0.15) is 0 Å². The van der Waals surface area contributed by atoms with Crippen molar-refractivity contribution in [1.29, 1.82) is 0 Å². The summed E-state index contributed by atoms with van der Waals surface area (Å²) in [4.78, 5) is 21.8. The fraction of sp³-hybridized carbons (Fsp3) is 0.320. The molecule has 33 heavy (non-hydrogen) atoms. The fourth-order valence-corrected chi connectivity index (χ4v) is 4.99. The van der Waals surface area contributed by atoms with Crippen LogP contribution in [0.4, 0.5) is 11.5 Å². The summed E-state index contributed by atoms with van der Waals surface area (Å²) in [6, 6.07) is 10.6. The quantitative estimate of drug-likeness (QED) is 0.504. The lowest BCUT2D eigenvalue weighted by Crippen LogP contribution is -2.33. The van der Waals surface area contributed by atoms with Crippen molar-refractivity contribution >= 4 is 38.0 Å². The summed E-state index contributed by atoms with van der Waals surface area (Å²) in [5.74, 6) is 1.12. The topological polar surface area (TPSA) is 101 Å². The lowest BCUT2D eigenvalue weighted by Gasteiger charge is -2.28. The Bertz CT molecular complexity index is 1260. The van der Waals surface area contributed by atoms with E-state index in [1.807, 2.05) is 24.5 Å². The molecule has 0 saturated heterocycles. The third-order valence-electron chi connectivity index (χ3n) is 6.14. The monoisotopic (exact) mass is 464 g/mol. The summed E-state index contributed by atoms with van der Waals surface area (Å²) < 4.78 is 23.3. The van der Waals surface area contributed by atoms with Crippen molar-refractivity contribution in [3.63, 3.8) is 0 Å². The number of pyridine rings is 2. The van der Waals surface area contributed by atoms with Crippen LogP contribution in [-0.2, 0) is 14.6 Å². The van der Waals surface area contributed by atoms with E-state index in [-0.39, 0.29) is 16.7 Å². The number of aromatic nitrogens is 2. The zero-order chi connectivity index (χ0) is 23.4. The summed E-state index contributed by atoms with van der Waals surface area (Å²) in [5.41, 5.74) is 1.79. The largest absolute Gasteiger partial charge is 0.352 e. The van der Waals surface area contributed by atoms with Crippen LogP contribution in [0.3, 0.4) is 0 Å². The van der Waals surface area contributed by atoms with Gasteiger partial charge in [-0.1, -0.05) is 6.08 Å². The van der Waals surface area contributed by atoms with E-state index in [4.69, 9.17) is 4.98 Å². The number of amides is 1. The van der Waals surface area contributed by atoms with Crippen LogP contribution in [0.5, 0.6) is 0 Å². The number of nitrogens with one attached hydrogen (secondary N) is 2. The fourth-order valence-electron chi connectivity index (χ4n) is 4.36. The van der Waals surface area contributed by atoms with E-state index >= 15 is 0 Å². The van der Waals surface area contributed by atoms with Crippen molar-refractivity contribution in [2.45, 2.75) is 36.5 Å². The number of fused-ring (bicyclic) bond motifs is 1. The van der Waals surface area contributed by atoms with Gasteiger partial charge in [-0.25, -0.2) is 13.4 Å². The lowest BCUT2D eigenvalue weighted by atomic mass is 9.79. The van der Waals surface area contributed by atoms with E-state index in [9.17, 15) is 13.2 Å². The van der Waals surface area contributed by atoms with Crippen LogP contribution in [-0.4, -0.2) is 37.1 Å². The smallest absolute Gasteiger partial charge is 0.223 e. The molecule has 1 fully saturated rings. The van der Waals surface area contributed by atoms with Crippen molar-refractivity contribution in [2.24, 2.45) is 5.92 Å². The van der Waals surface area contributed by atoms with E-state index in [2.05, 4.69) is 22.2 Å². The van der Waals surface area contributed by atoms with Gasteiger partial charge in [0.05, 0.1) is 10.6 Å². The summed E-state index contributed by atoms with van der Waals surface area (Å²) in [7, 11) is -3.23. The molecule has 8 heteroatoms. The molecule has 7 nitrogen and oxygen atoms in total. The molecule has 0 aliphatic heterocycles. The molecule has 2 aromatic heterocycles. The highest BCUT2D eigenvalue weighted by atomic mass is 32.2. The molecule has 1 amide bonds. The van der Waals surface area contributed by atoms with Crippen LogP contribution in [0.2, 0.25) is 0 Å². The zero-order valence-corrected chi connectivity index (χ0v) is 19.4. The number of anilines is 2. The maximum absolute atomic E-state index is 12.3. The summed E-state index contributed by atoms with van der Waals surface area (Å²) >= 11 is 0. The van der Waals surface area contributed by atoms with Crippen molar-refractivity contribution in [3.8, 4) is 0 Å². The van der Waals surface area contributed by atoms with Crippen LogP contribution in [0, 0.1) is 5.92 Å². The Morgan fingerprint density at radius 1 is 1.12 bits per heavy atom. The van der Waals surface area contributed by atoms with E-state index in [1.54, 1.807) is 30.3 Å². The van der Waals surface area contributed by atoms with Crippen molar-refractivity contribution in [1.82, 2.24) is 15.3 Å². The first-order valence-electron chi connectivity index (χ1n) is 11.1. The normalized spacial score (nSPS) is 18.6. The summed E-state index contributed by atoms with van der Waals surface area (Å²) in [6.45, 7) is 4.15. The standard InChI is InChI=1S/C25H28N4O3S/c1-3-13-27-25(30)18-6-4-17(5-7-18)24-22-15-23(28-16-19(22)12-14-26-24)29-20-8-10-21(11-9-20)33(2,31)32/h3,8-12,14-18H,1,4-7,13H2,2H3,(H,27,30)(H,28,29). The molecule has 0 unspecified atom stereocenters. The molecular formula is C25H28N4O3S. The van der Waals surface area contributed by atoms with E-state index < -0.39 is 9.84 Å². The number of carbonyl (C=O) groups excluding carboxylic acids is 1. The highest BCUT2D eigenvalue weighted by Gasteiger charge is 2.28. The van der Waals surface area contributed by atoms with Gasteiger partial charge in [0.2, 0.25) is 5.91 Å². The molecule has 0 bridgehead atoms. The third-order valence-corrected chi connectivity index (χ3v) is 7.27. The number of rotatable bonds is 7. The van der Waals surface area contributed by atoms with Gasteiger partial charge < -0.3 is 10.6 Å². The van der Waals surface area contributed by atoms with Gasteiger partial charge in [0.25, 0.3) is 0 Å². The van der Waals surface area contributed by atoms with Gasteiger partial charge in [0.1, 0.15) is 5.82 Å². The number of nitrogens with zero attached hydrogens (tertiary/aromatic N) is 2. The Hall–Kier alpha value is -3.26. The molecule has 1 saturated carbocycles. The highest BCUT2D eigenvalue weighted by molar-refractivity contribution is 7.90. The Kier molecular flexibility index (Phi) is 6.74. The Morgan fingerprint density at radius 2 is 1.85 bits per heavy atom.